The second kappa shape index (κ2) is 1.40. The number of nitrogens with zero attached hydrogens (tertiary/aromatic N) is 1. The first-order valence-corrected chi connectivity index (χ1v) is 1.65. The highest BCUT2D eigenvalue weighted by Gasteiger charge is 2.22. The van der Waals surface area contributed by atoms with E-state index in [2.05, 4.69) is 20.8 Å². The topological polar surface area (TPSA) is 43.1 Å². The van der Waals surface area contributed by atoms with Crippen LogP contribution in [0.25, 0.3) is 0 Å². The Morgan fingerprint density at radius 2 is 2.14 bits per heavy atom. The summed E-state index contributed by atoms with van der Waals surface area (Å²) >= 11 is 0. The molecule has 0 unspecified atom stereocenters. The number of hydrogen-bond acceptors (Lipinski definition) is 2. The molecule has 0 N–H and O–H groups in total. The highest BCUT2D eigenvalue weighted by Crippen LogP contribution is 2.00. The van der Waals surface area contributed by atoms with Gasteiger partial charge in [-0.15, -0.1) is 0 Å². The van der Waals surface area contributed by atoms with Crippen LogP contribution in [0.2, 0.25) is 0 Å². The van der Waals surface area contributed by atoms with Crippen molar-refractivity contribution in [3.05, 3.63) is 30.9 Å². The van der Waals surface area contributed by atoms with Crippen LogP contribution in [0.3, 0.4) is 0 Å². The van der Waals surface area contributed by atoms with Gasteiger partial charge in [0.15, 0.2) is 0 Å². The van der Waals surface area contributed by atoms with Crippen molar-refractivity contribution >= 4 is 0 Å². The van der Waals surface area contributed by atoms with Crippen LogP contribution in [0, 0.1) is 30.9 Å². The van der Waals surface area contributed by atoms with Crippen molar-refractivity contribution in [1.29, 1.82) is 0 Å². The Hall–Kier alpha value is -0.730. The summed E-state index contributed by atoms with van der Waals surface area (Å²) in [5, 5.41) is 9.64. The van der Waals surface area contributed by atoms with Gasteiger partial charge in [-0.1, -0.05) is 0 Å². The molecule has 0 aromatic rings. The zero-order valence-electron chi connectivity index (χ0n) is 3.89. The van der Waals surface area contributed by atoms with Gasteiger partial charge in [0, 0.05) is 11.8 Å². The molecule has 0 heterocycles. The average Bonchev–Trinajstić information content (AvgIpc) is 1.31. The molecule has 3 heteroatoms. The molecule has 39 valence electrons. The molecule has 0 bridgehead atoms. The quantitative estimate of drug-likeness (QED) is 0.273. The van der Waals surface area contributed by atoms with Gasteiger partial charge in [-0.25, -0.2) is 6.92 Å². The third-order valence-corrected chi connectivity index (χ3v) is 0.387. The number of nitro groups is 1. The lowest BCUT2D eigenvalue weighted by Crippen LogP contribution is -2.27. The van der Waals surface area contributed by atoms with Crippen molar-refractivity contribution in [2.75, 3.05) is 0 Å². The SMILES string of the molecule is [CH2]C([CH2+])([CH2-])[N+](=O)[O-]. The zero-order valence-corrected chi connectivity index (χ0v) is 3.89. The van der Waals surface area contributed by atoms with Gasteiger partial charge in [0.1, 0.15) is 6.92 Å². The first-order chi connectivity index (χ1) is 2.94. The highest BCUT2D eigenvalue weighted by atomic mass is 16.6. The molecule has 0 atom stereocenters. The third kappa shape index (κ3) is 2.03. The fourth-order valence-corrected chi connectivity index (χ4v) is 0. The summed E-state index contributed by atoms with van der Waals surface area (Å²) in [6, 6.07) is 0. The van der Waals surface area contributed by atoms with E-state index < -0.39 is 10.5 Å². The van der Waals surface area contributed by atoms with Gasteiger partial charge in [0.05, 0.1) is 0 Å². The number of hydrogen-bond donors (Lipinski definition) is 0. The molecule has 0 saturated carbocycles. The molecule has 0 aromatic carbocycles. The molecule has 0 aliphatic heterocycles. The summed E-state index contributed by atoms with van der Waals surface area (Å²) in [7, 11) is 0. The molecule has 0 spiro atoms. The normalized spacial score (nSPS) is 18.0. The molecule has 1 radical (unpaired) electrons. The summed E-state index contributed by atoms with van der Waals surface area (Å²) < 4.78 is 0. The molecule has 0 aliphatic carbocycles. The molecular weight excluding hydrogens is 94.0 g/mol. The van der Waals surface area contributed by atoms with Crippen LogP contribution in [-0.2, 0) is 0 Å². The van der Waals surface area contributed by atoms with Crippen LogP contribution < -0.4 is 0 Å². The lowest BCUT2D eigenvalue weighted by Gasteiger charge is -2.05. The maximum absolute atomic E-state index is 9.64. The first kappa shape index (κ1) is 6.27. The summed E-state index contributed by atoms with van der Waals surface area (Å²) in [5.74, 6) is 0. The van der Waals surface area contributed by atoms with E-state index in [0.29, 0.717) is 0 Å². The zero-order chi connectivity index (χ0) is 6.08. The maximum Gasteiger partial charge on any atom is 0.234 e. The first-order valence-electron chi connectivity index (χ1n) is 1.65. The van der Waals surface area contributed by atoms with Crippen molar-refractivity contribution in [3.63, 3.8) is 0 Å². The second-order valence-electron chi connectivity index (χ2n) is 1.48. The Morgan fingerprint density at radius 1 is 2.00 bits per heavy atom. The summed E-state index contributed by atoms with van der Waals surface area (Å²) in [5.41, 5.74) is -1.53. The van der Waals surface area contributed by atoms with E-state index in [4.69, 9.17) is 0 Å². The van der Waals surface area contributed by atoms with Crippen molar-refractivity contribution < 1.29 is 4.92 Å². The smallest absolute Gasteiger partial charge is 0.234 e. The largest absolute Gasteiger partial charge is 0.262 e. The van der Waals surface area contributed by atoms with E-state index in [1.54, 1.807) is 0 Å². The maximum atomic E-state index is 9.64. The van der Waals surface area contributed by atoms with Gasteiger partial charge in [-0.05, 0) is 0 Å². The van der Waals surface area contributed by atoms with Crippen LogP contribution in [0.1, 0.15) is 0 Å². The standard InChI is InChI=1S/C4H6NO2/c1-4(2,3)5(6)7/h1-3H2. The van der Waals surface area contributed by atoms with E-state index in [1.807, 2.05) is 0 Å². The van der Waals surface area contributed by atoms with E-state index in [1.165, 1.54) is 0 Å². The predicted octanol–water partition coefficient (Wildman–Crippen LogP) is 0.504. The Balaban J connectivity index is 3.79. The molecule has 3 nitrogen and oxygen atoms in total. The molecule has 0 saturated heterocycles. The molecule has 0 aromatic heterocycles. The van der Waals surface area contributed by atoms with Crippen molar-refractivity contribution in [1.82, 2.24) is 0 Å². The molecule has 0 amide bonds. The van der Waals surface area contributed by atoms with Gasteiger partial charge in [0.2, 0.25) is 5.54 Å². The van der Waals surface area contributed by atoms with E-state index in [9.17, 15) is 10.1 Å². The molecule has 0 aliphatic rings. The van der Waals surface area contributed by atoms with Gasteiger partial charge < -0.3 is 0 Å². The summed E-state index contributed by atoms with van der Waals surface area (Å²) in [4.78, 5) is 8.99. The van der Waals surface area contributed by atoms with Crippen LogP contribution in [0.15, 0.2) is 0 Å². The van der Waals surface area contributed by atoms with Crippen molar-refractivity contribution in [3.8, 4) is 0 Å². The minimum absolute atomic E-state index is 0.646. The van der Waals surface area contributed by atoms with Crippen LogP contribution in [0.4, 0.5) is 0 Å². The predicted molar refractivity (Wildman–Crippen MR) is 25.8 cm³/mol. The van der Waals surface area contributed by atoms with Crippen LogP contribution >= 0.6 is 0 Å². The Morgan fingerprint density at radius 3 is 2.14 bits per heavy atom. The Kier molecular flexibility index (Phi) is 1.26. The average molecular weight is 100 g/mol. The minimum atomic E-state index is -1.53. The second-order valence-corrected chi connectivity index (χ2v) is 1.48. The van der Waals surface area contributed by atoms with E-state index >= 15 is 0 Å². The minimum Gasteiger partial charge on any atom is -0.262 e. The third-order valence-electron chi connectivity index (χ3n) is 0.387. The van der Waals surface area contributed by atoms with Gasteiger partial charge in [-0.2, -0.15) is 0 Å². The number of rotatable bonds is 1. The van der Waals surface area contributed by atoms with Gasteiger partial charge >= 0.3 is 0 Å². The fraction of sp³-hybridized carbons (Fsp3) is 0.250. The Labute approximate surface area is 42.5 Å². The lowest BCUT2D eigenvalue weighted by molar-refractivity contribution is -0.529. The van der Waals surface area contributed by atoms with Gasteiger partial charge in [0.25, 0.3) is 0 Å². The van der Waals surface area contributed by atoms with E-state index in [-0.39, 0.29) is 0 Å². The van der Waals surface area contributed by atoms with Gasteiger partial charge in [-0.3, -0.25) is 10.1 Å². The van der Waals surface area contributed by atoms with Crippen LogP contribution in [-0.4, -0.2) is 10.5 Å². The lowest BCUT2D eigenvalue weighted by atomic mass is 10.1. The molecule has 0 fully saturated rings. The molecular formula is C4H6NO2. The van der Waals surface area contributed by atoms with Crippen molar-refractivity contribution in [2.45, 2.75) is 5.54 Å². The molecule has 0 rings (SSSR count). The monoisotopic (exact) mass is 100 g/mol. The summed E-state index contributed by atoms with van der Waals surface area (Å²) in [6.07, 6.45) is 0. The van der Waals surface area contributed by atoms with Crippen molar-refractivity contribution in [2.24, 2.45) is 0 Å². The Bertz CT molecular complexity index is 82.2. The highest BCUT2D eigenvalue weighted by molar-refractivity contribution is 4.86. The van der Waals surface area contributed by atoms with E-state index in [0.717, 1.165) is 0 Å². The van der Waals surface area contributed by atoms with Crippen LogP contribution in [0.5, 0.6) is 0 Å². The summed E-state index contributed by atoms with van der Waals surface area (Å²) in [6.45, 7) is 9.15. The molecule has 7 heavy (non-hydrogen) atoms. The fourth-order valence-electron chi connectivity index (χ4n) is 0.